The average Bonchev–Trinajstić information content (AvgIpc) is 2.73. The number of carbonyl (C=O) groups is 1. The monoisotopic (exact) mass is 459 g/mol. The van der Waals surface area contributed by atoms with Gasteiger partial charge in [-0.3, -0.25) is 0 Å². The summed E-state index contributed by atoms with van der Waals surface area (Å²) in [6.45, 7) is 9.57. The molecule has 1 N–H and O–H groups in total. The quantitative estimate of drug-likeness (QED) is 0.545. The average molecular weight is 460 g/mol. The Kier molecular flexibility index (Phi) is 7.02. The Morgan fingerprint density at radius 1 is 1.12 bits per heavy atom. The van der Waals surface area contributed by atoms with Gasteiger partial charge in [0.05, 0.1) is 11.1 Å². The van der Waals surface area contributed by atoms with E-state index in [-0.39, 0.29) is 11.0 Å². The van der Waals surface area contributed by atoms with Gasteiger partial charge in [-0.25, -0.2) is 14.6 Å². The van der Waals surface area contributed by atoms with Crippen LogP contribution in [0.15, 0.2) is 52.6 Å². The van der Waals surface area contributed by atoms with Crippen LogP contribution < -0.4 is 9.73 Å². The molecule has 2 heterocycles. The van der Waals surface area contributed by atoms with Crippen molar-refractivity contribution in [1.29, 1.82) is 0 Å². The summed E-state index contributed by atoms with van der Waals surface area (Å²) in [5.74, 6) is 0.676. The van der Waals surface area contributed by atoms with E-state index in [4.69, 9.17) is 4.74 Å². The highest BCUT2D eigenvalue weighted by atomic mass is 32.2. The summed E-state index contributed by atoms with van der Waals surface area (Å²) < 4.78 is 30.3. The molecule has 10 heteroatoms. The van der Waals surface area contributed by atoms with Crippen molar-refractivity contribution in [2.24, 2.45) is 5.10 Å². The van der Waals surface area contributed by atoms with Gasteiger partial charge in [-0.1, -0.05) is 17.7 Å². The molecule has 9 nitrogen and oxygen atoms in total. The first-order valence-corrected chi connectivity index (χ1v) is 11.8. The molecule has 0 unspecified atom stereocenters. The van der Waals surface area contributed by atoms with E-state index in [2.05, 4.69) is 14.9 Å². The van der Waals surface area contributed by atoms with Crippen LogP contribution in [0.4, 0.5) is 10.6 Å². The fraction of sp³-hybridized carbons (Fsp3) is 0.409. The highest BCUT2D eigenvalue weighted by molar-refractivity contribution is 7.89. The minimum Gasteiger partial charge on any atom is -0.444 e. The number of sulfonamides is 1. The highest BCUT2D eigenvalue weighted by Crippen LogP contribution is 2.19. The van der Waals surface area contributed by atoms with E-state index >= 15 is 0 Å². The first-order valence-electron chi connectivity index (χ1n) is 10.3. The van der Waals surface area contributed by atoms with Gasteiger partial charge in [-0.15, -0.1) is 0 Å². The molecule has 0 radical (unpaired) electrons. The van der Waals surface area contributed by atoms with Crippen LogP contribution in [0.5, 0.6) is 0 Å². The number of hydrogen-bond donors (Lipinski definition) is 1. The smallest absolute Gasteiger partial charge is 0.410 e. The molecule has 1 amide bonds. The van der Waals surface area contributed by atoms with Crippen molar-refractivity contribution in [3.05, 3.63) is 53.7 Å². The third-order valence-corrected chi connectivity index (χ3v) is 5.99. The van der Waals surface area contributed by atoms with E-state index in [1.165, 1.54) is 18.3 Å². The number of anilines is 1. The molecule has 1 fully saturated rings. The van der Waals surface area contributed by atoms with Crippen molar-refractivity contribution in [3.8, 4) is 0 Å². The molecule has 1 aromatic carbocycles. The lowest BCUT2D eigenvalue weighted by Crippen LogP contribution is -2.50. The number of nitrogens with zero attached hydrogens (tertiary/aromatic N) is 4. The van der Waals surface area contributed by atoms with Gasteiger partial charge in [0, 0.05) is 37.9 Å². The number of ether oxygens (including phenoxy) is 1. The number of aromatic nitrogens is 1. The Balaban J connectivity index is 1.65. The van der Waals surface area contributed by atoms with Crippen LogP contribution >= 0.6 is 0 Å². The van der Waals surface area contributed by atoms with Gasteiger partial charge in [0.1, 0.15) is 11.4 Å². The van der Waals surface area contributed by atoms with Gasteiger partial charge in [0.15, 0.2) is 0 Å². The van der Waals surface area contributed by atoms with Crippen molar-refractivity contribution in [2.75, 3.05) is 31.1 Å². The van der Waals surface area contributed by atoms with Gasteiger partial charge in [0.2, 0.25) is 0 Å². The highest BCUT2D eigenvalue weighted by Gasteiger charge is 2.27. The maximum absolute atomic E-state index is 12.4. The van der Waals surface area contributed by atoms with E-state index < -0.39 is 15.6 Å². The Morgan fingerprint density at radius 2 is 1.78 bits per heavy atom. The standard InChI is InChI=1S/C22H29N5O4S/c1-17-7-9-19(10-8-17)32(29,30)25-24-16-18-6-5-11-23-20(18)26-12-14-27(15-13-26)21(28)31-22(2,3)4/h5-11,16,25H,12-15H2,1-4H3/b24-16+. The Labute approximate surface area is 189 Å². The molecule has 0 atom stereocenters. The van der Waals surface area contributed by atoms with Crippen molar-refractivity contribution in [3.63, 3.8) is 0 Å². The molecule has 1 aromatic heterocycles. The van der Waals surface area contributed by atoms with E-state index in [0.29, 0.717) is 37.6 Å². The number of nitrogens with one attached hydrogen (secondary N) is 1. The lowest BCUT2D eigenvalue weighted by molar-refractivity contribution is 0.0240. The molecule has 1 saturated heterocycles. The topological polar surface area (TPSA) is 104 Å². The molecule has 0 aliphatic carbocycles. The Bertz CT molecular complexity index is 1070. The third kappa shape index (κ3) is 6.19. The van der Waals surface area contributed by atoms with Crippen molar-refractivity contribution in [2.45, 2.75) is 38.2 Å². The van der Waals surface area contributed by atoms with E-state index in [1.54, 1.807) is 29.3 Å². The van der Waals surface area contributed by atoms with Crippen molar-refractivity contribution < 1.29 is 17.9 Å². The molecular weight excluding hydrogens is 430 g/mol. The zero-order chi connectivity index (χ0) is 23.4. The van der Waals surface area contributed by atoms with Crippen LogP contribution in [-0.2, 0) is 14.8 Å². The number of benzene rings is 1. The number of carbonyl (C=O) groups excluding carboxylic acids is 1. The van der Waals surface area contributed by atoms with Crippen LogP contribution in [0.2, 0.25) is 0 Å². The lowest BCUT2D eigenvalue weighted by Gasteiger charge is -2.36. The second-order valence-corrected chi connectivity index (χ2v) is 10.2. The summed E-state index contributed by atoms with van der Waals surface area (Å²) in [6, 6.07) is 10.1. The Morgan fingerprint density at radius 3 is 2.41 bits per heavy atom. The van der Waals surface area contributed by atoms with E-state index in [1.807, 2.05) is 38.7 Å². The normalized spacial score (nSPS) is 15.1. The van der Waals surface area contributed by atoms with Gasteiger partial charge in [0.25, 0.3) is 10.0 Å². The molecule has 1 aliphatic rings. The second kappa shape index (κ2) is 9.56. The van der Waals surface area contributed by atoms with Crippen LogP contribution in [0.1, 0.15) is 31.9 Å². The second-order valence-electron chi connectivity index (χ2n) is 8.54. The molecule has 3 rings (SSSR count). The number of hydrogen-bond acceptors (Lipinski definition) is 7. The van der Waals surface area contributed by atoms with Gasteiger partial charge in [-0.05, 0) is 52.0 Å². The summed E-state index contributed by atoms with van der Waals surface area (Å²) in [4.78, 5) is 22.8. The lowest BCUT2D eigenvalue weighted by atomic mass is 10.2. The molecule has 0 bridgehead atoms. The molecule has 2 aromatic rings. The number of hydrazone groups is 1. The summed E-state index contributed by atoms with van der Waals surface area (Å²) in [5, 5.41) is 3.94. The first kappa shape index (κ1) is 23.5. The molecule has 32 heavy (non-hydrogen) atoms. The van der Waals surface area contributed by atoms with Crippen molar-refractivity contribution >= 4 is 28.1 Å². The van der Waals surface area contributed by atoms with Gasteiger partial charge in [-0.2, -0.15) is 13.5 Å². The molecule has 1 aliphatic heterocycles. The van der Waals surface area contributed by atoms with Crippen LogP contribution in [-0.4, -0.2) is 62.4 Å². The molecule has 0 spiro atoms. The molecular formula is C22H29N5O4S. The predicted octanol–water partition coefficient (Wildman–Crippen LogP) is 2.76. The third-order valence-electron chi connectivity index (χ3n) is 4.76. The zero-order valence-electron chi connectivity index (χ0n) is 18.8. The van der Waals surface area contributed by atoms with Crippen LogP contribution in [0.25, 0.3) is 0 Å². The fourth-order valence-electron chi connectivity index (χ4n) is 3.14. The van der Waals surface area contributed by atoms with Gasteiger partial charge >= 0.3 is 6.09 Å². The number of amides is 1. The van der Waals surface area contributed by atoms with Crippen LogP contribution in [0, 0.1) is 6.92 Å². The number of rotatable bonds is 5. The number of piperazine rings is 1. The summed E-state index contributed by atoms with van der Waals surface area (Å²) in [5.41, 5.74) is 1.11. The summed E-state index contributed by atoms with van der Waals surface area (Å²) >= 11 is 0. The maximum Gasteiger partial charge on any atom is 0.410 e. The van der Waals surface area contributed by atoms with Crippen molar-refractivity contribution in [1.82, 2.24) is 14.7 Å². The predicted molar refractivity (Wildman–Crippen MR) is 123 cm³/mol. The zero-order valence-corrected chi connectivity index (χ0v) is 19.6. The largest absolute Gasteiger partial charge is 0.444 e. The first-order chi connectivity index (χ1) is 15.0. The SMILES string of the molecule is Cc1ccc(S(=O)(=O)N/N=C/c2cccnc2N2CCN(C(=O)OC(C)(C)C)CC2)cc1. The molecule has 0 saturated carbocycles. The summed E-state index contributed by atoms with van der Waals surface area (Å²) in [6.07, 6.45) is 2.78. The number of pyridine rings is 1. The van der Waals surface area contributed by atoms with E-state index in [0.717, 1.165) is 5.56 Å². The Hall–Kier alpha value is -3.14. The summed E-state index contributed by atoms with van der Waals surface area (Å²) in [7, 11) is -3.76. The van der Waals surface area contributed by atoms with Crippen LogP contribution in [0.3, 0.4) is 0 Å². The minimum atomic E-state index is -3.76. The minimum absolute atomic E-state index is 0.143. The molecule has 172 valence electrons. The fourth-order valence-corrected chi connectivity index (χ4v) is 3.93. The van der Waals surface area contributed by atoms with E-state index in [9.17, 15) is 13.2 Å². The van der Waals surface area contributed by atoms with Gasteiger partial charge < -0.3 is 14.5 Å². The number of aryl methyl sites for hydroxylation is 1. The maximum atomic E-state index is 12.4.